The van der Waals surface area contributed by atoms with Gasteiger partial charge in [0.05, 0.1) is 27.4 Å². The van der Waals surface area contributed by atoms with Crippen molar-refractivity contribution in [2.45, 2.75) is 37.6 Å². The molecule has 44 heavy (non-hydrogen) atoms. The molecule has 0 saturated carbocycles. The summed E-state index contributed by atoms with van der Waals surface area (Å²) in [5.74, 6) is 1.71. The van der Waals surface area contributed by atoms with Gasteiger partial charge in [-0.05, 0) is 58.6 Å². The molecule has 0 spiro atoms. The first-order chi connectivity index (χ1) is 21.5. The highest BCUT2D eigenvalue weighted by molar-refractivity contribution is 6.01. The van der Waals surface area contributed by atoms with E-state index < -0.39 is 17.6 Å². The molecular weight excluding hydrogens is 564 g/mol. The Morgan fingerprint density at radius 3 is 2.52 bits per heavy atom. The number of carbonyl (C=O) groups is 1. The lowest BCUT2D eigenvalue weighted by Crippen LogP contribution is -2.52. The summed E-state index contributed by atoms with van der Waals surface area (Å²) in [4.78, 5) is 21.9. The summed E-state index contributed by atoms with van der Waals surface area (Å²) in [5.41, 5.74) is 16.2. The van der Waals surface area contributed by atoms with E-state index >= 15 is 0 Å². The van der Waals surface area contributed by atoms with Gasteiger partial charge in [-0.2, -0.15) is 0 Å². The number of nitrogens with one attached hydrogen (secondary N) is 2. The summed E-state index contributed by atoms with van der Waals surface area (Å²) < 4.78 is 22.8. The van der Waals surface area contributed by atoms with Crippen molar-refractivity contribution in [3.8, 4) is 17.2 Å². The molecule has 1 aliphatic heterocycles. The van der Waals surface area contributed by atoms with E-state index in [1.165, 1.54) is 0 Å². The molecule has 3 N–H and O–H groups in total. The predicted octanol–water partition coefficient (Wildman–Crippen LogP) is 4.93. The zero-order chi connectivity index (χ0) is 31.4. The fraction of sp³-hybridized carbons (Fsp3) is 0.312. The number of hydrazine groups is 1. The predicted molar refractivity (Wildman–Crippen MR) is 165 cm³/mol. The first-order valence-electron chi connectivity index (χ1n) is 14.0. The molecule has 0 radical (unpaired) electrons. The maximum Gasteiger partial charge on any atom is 0.266 e. The lowest BCUT2D eigenvalue weighted by molar-refractivity contribution is -0.129. The van der Waals surface area contributed by atoms with E-state index in [1.807, 2.05) is 36.4 Å². The Hall–Kier alpha value is -5.03. The minimum absolute atomic E-state index is 0.0430. The van der Waals surface area contributed by atoms with Gasteiger partial charge in [0.15, 0.2) is 11.6 Å². The average Bonchev–Trinajstić information content (AvgIpc) is 3.44. The molecule has 0 aromatic heterocycles. The van der Waals surface area contributed by atoms with E-state index in [1.54, 1.807) is 50.6 Å². The van der Waals surface area contributed by atoms with E-state index in [-0.39, 0.29) is 32.0 Å². The molecule has 230 valence electrons. The number of amides is 1. The first-order valence-corrected chi connectivity index (χ1v) is 14.0. The summed E-state index contributed by atoms with van der Waals surface area (Å²) in [6.45, 7) is 4.68. The van der Waals surface area contributed by atoms with Gasteiger partial charge in [0.25, 0.3) is 5.91 Å². The molecule has 0 unspecified atom stereocenters. The van der Waals surface area contributed by atoms with Crippen LogP contribution in [0.15, 0.2) is 89.5 Å². The molecule has 4 rings (SSSR count). The average molecular weight is 601 g/mol. The van der Waals surface area contributed by atoms with Crippen molar-refractivity contribution < 1.29 is 28.8 Å². The topological polar surface area (TPSA) is 159 Å². The number of hydrogen-bond acceptors (Lipinski definition) is 9. The van der Waals surface area contributed by atoms with Gasteiger partial charge in [0.1, 0.15) is 17.2 Å². The van der Waals surface area contributed by atoms with E-state index in [0.29, 0.717) is 47.0 Å². The van der Waals surface area contributed by atoms with Crippen LogP contribution in [0, 0.1) is 0 Å². The Morgan fingerprint density at radius 1 is 1.14 bits per heavy atom. The van der Waals surface area contributed by atoms with E-state index in [4.69, 9.17) is 34.6 Å². The van der Waals surface area contributed by atoms with Crippen LogP contribution in [-0.4, -0.2) is 49.9 Å². The van der Waals surface area contributed by atoms with Crippen LogP contribution in [0.3, 0.4) is 0 Å². The third kappa shape index (κ3) is 7.48. The first kappa shape index (κ1) is 31.9. The number of hydrogen-bond donors (Lipinski definition) is 3. The monoisotopic (exact) mass is 600 g/mol. The number of methoxy groups -OCH3 is 2. The molecule has 3 aromatic carbocycles. The van der Waals surface area contributed by atoms with Gasteiger partial charge in [0.2, 0.25) is 5.90 Å². The van der Waals surface area contributed by atoms with E-state index in [0.717, 1.165) is 5.56 Å². The van der Waals surface area contributed by atoms with Crippen molar-refractivity contribution >= 4 is 11.8 Å². The minimum atomic E-state index is -1.45. The molecular formula is C32H36N6O6. The molecule has 1 amide bonds. The van der Waals surface area contributed by atoms with Gasteiger partial charge in [-0.15, -0.1) is 6.58 Å². The van der Waals surface area contributed by atoms with Crippen LogP contribution in [0.2, 0.25) is 0 Å². The van der Waals surface area contributed by atoms with Gasteiger partial charge in [-0.1, -0.05) is 35.5 Å². The largest absolute Gasteiger partial charge is 0.497 e. The van der Waals surface area contributed by atoms with Gasteiger partial charge >= 0.3 is 0 Å². The molecule has 0 bridgehead atoms. The third-order valence-electron chi connectivity index (χ3n) is 7.03. The summed E-state index contributed by atoms with van der Waals surface area (Å²) >= 11 is 0. The number of azide groups is 1. The summed E-state index contributed by atoms with van der Waals surface area (Å²) in [6, 6.07) is 19.9. The van der Waals surface area contributed by atoms with Crippen LogP contribution < -0.4 is 25.1 Å². The SMILES string of the molecule is C=CC[C@]1(C(=O)NNCc2cc(OC)cc(OC)c2)N=C(c2ccc(OCCCO)cc2)O[C@H]1c1ccccc1CN=[N+]=[N-]. The Morgan fingerprint density at radius 2 is 1.86 bits per heavy atom. The Kier molecular flexibility index (Phi) is 11.2. The fourth-order valence-corrected chi connectivity index (χ4v) is 4.86. The van der Waals surface area contributed by atoms with Crippen molar-refractivity contribution in [2.75, 3.05) is 27.4 Å². The summed E-state index contributed by atoms with van der Waals surface area (Å²) in [7, 11) is 3.14. The number of nitrogens with zero attached hydrogens (tertiary/aromatic N) is 4. The molecule has 2 atom stereocenters. The molecule has 12 heteroatoms. The van der Waals surface area contributed by atoms with Crippen molar-refractivity contribution in [1.82, 2.24) is 10.9 Å². The Bertz CT molecular complexity index is 1500. The number of carbonyl (C=O) groups excluding carboxylic acids is 1. The van der Waals surface area contributed by atoms with Crippen molar-refractivity contribution in [1.29, 1.82) is 0 Å². The van der Waals surface area contributed by atoms with Crippen LogP contribution in [0.1, 0.15) is 41.2 Å². The molecule has 0 saturated heterocycles. The van der Waals surface area contributed by atoms with Crippen molar-refractivity contribution in [3.63, 3.8) is 0 Å². The van der Waals surface area contributed by atoms with Gasteiger partial charge in [-0.25, -0.2) is 10.4 Å². The third-order valence-corrected chi connectivity index (χ3v) is 7.03. The number of aliphatic hydroxyl groups excluding tert-OH is 1. The van der Waals surface area contributed by atoms with Gasteiger partial charge in [0, 0.05) is 42.5 Å². The van der Waals surface area contributed by atoms with Crippen LogP contribution >= 0.6 is 0 Å². The molecule has 0 aliphatic carbocycles. The second-order valence-corrected chi connectivity index (χ2v) is 9.90. The Balaban J connectivity index is 1.67. The maximum absolute atomic E-state index is 14.1. The zero-order valence-electron chi connectivity index (χ0n) is 24.7. The molecule has 1 aliphatic rings. The number of ether oxygens (including phenoxy) is 4. The fourth-order valence-electron chi connectivity index (χ4n) is 4.86. The second-order valence-electron chi connectivity index (χ2n) is 9.90. The lowest BCUT2D eigenvalue weighted by Gasteiger charge is -2.30. The quantitative estimate of drug-likeness (QED) is 0.0525. The lowest BCUT2D eigenvalue weighted by atomic mass is 9.83. The van der Waals surface area contributed by atoms with E-state index in [2.05, 4.69) is 27.5 Å². The van der Waals surface area contributed by atoms with Gasteiger partial charge < -0.3 is 24.1 Å². The maximum atomic E-state index is 14.1. The standard InChI is InChI=1S/C32H36N6O6/c1-4-14-32(31(40)37-34-20-22-17-26(41-2)19-27(18-22)42-3)29(28-9-6-5-8-24(28)21-35-38-33)44-30(36-32)23-10-12-25(13-11-23)43-16-7-15-39/h4-6,8-13,17-19,29,34,39H,1,7,14-16,20-21H2,2-3H3,(H,37,40)/t29-,32-/m0/s1. The summed E-state index contributed by atoms with van der Waals surface area (Å²) in [5, 5.41) is 12.8. The molecule has 3 aromatic rings. The van der Waals surface area contributed by atoms with Crippen LogP contribution in [-0.2, 0) is 22.6 Å². The number of aliphatic hydroxyl groups is 1. The zero-order valence-corrected chi connectivity index (χ0v) is 24.7. The van der Waals surface area contributed by atoms with E-state index in [9.17, 15) is 4.79 Å². The summed E-state index contributed by atoms with van der Waals surface area (Å²) in [6.07, 6.45) is 1.44. The van der Waals surface area contributed by atoms with Crippen LogP contribution in [0.5, 0.6) is 17.2 Å². The minimum Gasteiger partial charge on any atom is -0.497 e. The molecule has 0 fully saturated rings. The number of benzene rings is 3. The molecule has 1 heterocycles. The van der Waals surface area contributed by atoms with Crippen molar-refractivity contribution in [2.24, 2.45) is 10.1 Å². The highest BCUT2D eigenvalue weighted by Gasteiger charge is 2.53. The highest BCUT2D eigenvalue weighted by atomic mass is 16.5. The molecule has 12 nitrogen and oxygen atoms in total. The Labute approximate surface area is 255 Å². The normalized spacial score (nSPS) is 17.1. The van der Waals surface area contributed by atoms with Gasteiger partial charge in [-0.3, -0.25) is 10.2 Å². The van der Waals surface area contributed by atoms with Crippen LogP contribution in [0.4, 0.5) is 0 Å². The number of aliphatic imine (C=N–C) groups is 1. The van der Waals surface area contributed by atoms with Crippen LogP contribution in [0.25, 0.3) is 10.4 Å². The second kappa shape index (κ2) is 15.4. The smallest absolute Gasteiger partial charge is 0.266 e. The highest BCUT2D eigenvalue weighted by Crippen LogP contribution is 2.44. The van der Waals surface area contributed by atoms with Crippen molar-refractivity contribution in [3.05, 3.63) is 112 Å². The number of rotatable bonds is 16.